The van der Waals surface area contributed by atoms with Gasteiger partial charge in [-0.2, -0.15) is 0 Å². The molecule has 0 unspecified atom stereocenters. The molecule has 18 heavy (non-hydrogen) atoms. The summed E-state index contributed by atoms with van der Waals surface area (Å²) in [7, 11) is 2.06. The molecule has 1 aromatic heterocycles. The Hall–Kier alpha value is -0.880. The van der Waals surface area contributed by atoms with Gasteiger partial charge in [-0.15, -0.1) is 0 Å². The number of hydrogen-bond donors (Lipinski definition) is 1. The van der Waals surface area contributed by atoms with Gasteiger partial charge in [-0.25, -0.2) is 9.99 Å². The van der Waals surface area contributed by atoms with Crippen molar-refractivity contribution in [2.75, 3.05) is 33.2 Å². The van der Waals surface area contributed by atoms with E-state index in [1.165, 1.54) is 12.3 Å². The van der Waals surface area contributed by atoms with Gasteiger partial charge in [-0.3, -0.25) is 10.2 Å². The fourth-order valence-electron chi connectivity index (χ4n) is 1.67. The van der Waals surface area contributed by atoms with Crippen LogP contribution in [0.1, 0.15) is 10.4 Å². The Bertz CT molecular complexity index is 447. The summed E-state index contributed by atoms with van der Waals surface area (Å²) in [6.45, 7) is 3.47. The summed E-state index contributed by atoms with van der Waals surface area (Å²) in [5.74, 6) is -0.217. The number of pyridine rings is 1. The first-order valence-corrected chi connectivity index (χ1v) is 6.37. The topological polar surface area (TPSA) is 48.5 Å². The van der Waals surface area contributed by atoms with Crippen LogP contribution in [0, 0.1) is 0 Å². The van der Waals surface area contributed by atoms with E-state index in [0.717, 1.165) is 26.2 Å². The minimum Gasteiger partial charge on any atom is -0.304 e. The quantitative estimate of drug-likeness (QED) is 0.833. The number of carbonyl (C=O) groups excluding carboxylic acids is 1. The van der Waals surface area contributed by atoms with Crippen molar-refractivity contribution < 1.29 is 4.79 Å². The van der Waals surface area contributed by atoms with Crippen LogP contribution in [0.15, 0.2) is 12.3 Å². The molecule has 0 spiro atoms. The monoisotopic (exact) mass is 288 g/mol. The fourth-order valence-corrected chi connectivity index (χ4v) is 1.94. The molecule has 0 saturated carbocycles. The molecule has 2 heterocycles. The Morgan fingerprint density at radius 1 is 1.33 bits per heavy atom. The van der Waals surface area contributed by atoms with Crippen LogP contribution in [-0.4, -0.2) is 54.0 Å². The number of halogens is 2. The molecule has 0 bridgehead atoms. The second kappa shape index (κ2) is 5.84. The van der Waals surface area contributed by atoms with Gasteiger partial charge in [0.25, 0.3) is 5.91 Å². The van der Waals surface area contributed by atoms with Gasteiger partial charge in [0.1, 0.15) is 5.15 Å². The molecule has 5 nitrogen and oxygen atoms in total. The lowest BCUT2D eigenvalue weighted by Gasteiger charge is -2.32. The molecule has 0 radical (unpaired) electrons. The van der Waals surface area contributed by atoms with Crippen LogP contribution in [0.25, 0.3) is 0 Å². The highest BCUT2D eigenvalue weighted by molar-refractivity contribution is 6.41. The third-order valence-corrected chi connectivity index (χ3v) is 3.51. The molecule has 1 aliphatic heterocycles. The third-order valence-electron chi connectivity index (χ3n) is 2.82. The van der Waals surface area contributed by atoms with E-state index in [1.54, 1.807) is 0 Å². The fraction of sp³-hybridized carbons (Fsp3) is 0.455. The Balaban J connectivity index is 1.97. The van der Waals surface area contributed by atoms with Crippen molar-refractivity contribution in [1.29, 1.82) is 0 Å². The smallest absolute Gasteiger partial charge is 0.267 e. The molecule has 1 amide bonds. The zero-order chi connectivity index (χ0) is 13.1. The van der Waals surface area contributed by atoms with Crippen molar-refractivity contribution >= 4 is 29.1 Å². The second-order valence-corrected chi connectivity index (χ2v) is 4.99. The molecule has 1 N–H and O–H groups in total. The van der Waals surface area contributed by atoms with Crippen molar-refractivity contribution in [1.82, 2.24) is 20.3 Å². The van der Waals surface area contributed by atoms with Crippen LogP contribution in [-0.2, 0) is 0 Å². The summed E-state index contributed by atoms with van der Waals surface area (Å²) in [5.41, 5.74) is 3.23. The standard InChI is InChI=1S/C11H14Cl2N4O/c1-16-2-4-17(5-3-16)15-11(18)8-6-9(12)10(13)14-7-8/h6-7H,2-5H2,1H3,(H,15,18). The molecule has 1 aliphatic rings. The van der Waals surface area contributed by atoms with E-state index < -0.39 is 0 Å². The predicted molar refractivity (Wildman–Crippen MR) is 70.8 cm³/mol. The van der Waals surface area contributed by atoms with Gasteiger partial charge in [0.15, 0.2) is 0 Å². The van der Waals surface area contributed by atoms with E-state index in [2.05, 4.69) is 22.4 Å². The second-order valence-electron chi connectivity index (χ2n) is 4.23. The van der Waals surface area contributed by atoms with E-state index in [4.69, 9.17) is 23.2 Å². The predicted octanol–water partition coefficient (Wildman–Crippen LogP) is 1.28. The molecule has 1 saturated heterocycles. The van der Waals surface area contributed by atoms with Crippen molar-refractivity contribution in [3.63, 3.8) is 0 Å². The molecule has 98 valence electrons. The molecule has 1 aromatic rings. The van der Waals surface area contributed by atoms with E-state index in [-0.39, 0.29) is 16.1 Å². The number of nitrogens with one attached hydrogen (secondary N) is 1. The van der Waals surface area contributed by atoms with Crippen molar-refractivity contribution in [3.05, 3.63) is 28.0 Å². The third kappa shape index (κ3) is 3.32. The highest BCUT2D eigenvalue weighted by Crippen LogP contribution is 2.19. The Morgan fingerprint density at radius 3 is 2.61 bits per heavy atom. The Kier molecular flexibility index (Phi) is 4.40. The molecule has 1 fully saturated rings. The van der Waals surface area contributed by atoms with Gasteiger partial charge in [0, 0.05) is 32.4 Å². The van der Waals surface area contributed by atoms with Gasteiger partial charge < -0.3 is 4.90 Å². The largest absolute Gasteiger partial charge is 0.304 e. The number of amides is 1. The first kappa shape index (κ1) is 13.5. The SMILES string of the molecule is CN1CCN(NC(=O)c2cnc(Cl)c(Cl)c2)CC1. The van der Waals surface area contributed by atoms with Gasteiger partial charge in [0.05, 0.1) is 10.6 Å². The van der Waals surface area contributed by atoms with Crippen LogP contribution >= 0.6 is 23.2 Å². The van der Waals surface area contributed by atoms with Gasteiger partial charge in [-0.05, 0) is 13.1 Å². The van der Waals surface area contributed by atoms with Gasteiger partial charge in [0.2, 0.25) is 0 Å². The highest BCUT2D eigenvalue weighted by Gasteiger charge is 2.17. The van der Waals surface area contributed by atoms with E-state index in [9.17, 15) is 4.79 Å². The van der Waals surface area contributed by atoms with Crippen molar-refractivity contribution in [2.24, 2.45) is 0 Å². The number of aromatic nitrogens is 1. The van der Waals surface area contributed by atoms with Crippen LogP contribution in [0.4, 0.5) is 0 Å². The van der Waals surface area contributed by atoms with Crippen molar-refractivity contribution in [2.45, 2.75) is 0 Å². The lowest BCUT2D eigenvalue weighted by Crippen LogP contribution is -2.52. The van der Waals surface area contributed by atoms with Gasteiger partial charge >= 0.3 is 0 Å². The van der Waals surface area contributed by atoms with Crippen LogP contribution in [0.3, 0.4) is 0 Å². The first-order chi connectivity index (χ1) is 8.56. The van der Waals surface area contributed by atoms with Crippen molar-refractivity contribution in [3.8, 4) is 0 Å². The minimum atomic E-state index is -0.217. The maximum Gasteiger partial charge on any atom is 0.267 e. The van der Waals surface area contributed by atoms with E-state index >= 15 is 0 Å². The maximum absolute atomic E-state index is 11.9. The Morgan fingerprint density at radius 2 is 2.00 bits per heavy atom. The molecular weight excluding hydrogens is 275 g/mol. The van der Waals surface area contributed by atoms with Crippen LogP contribution in [0.5, 0.6) is 0 Å². The number of carbonyl (C=O) groups is 1. The summed E-state index contributed by atoms with van der Waals surface area (Å²) < 4.78 is 0. The molecule has 0 aliphatic carbocycles. The number of rotatable bonds is 2. The summed E-state index contributed by atoms with van der Waals surface area (Å²) in [6.07, 6.45) is 1.42. The lowest BCUT2D eigenvalue weighted by atomic mass is 10.3. The molecule has 2 rings (SSSR count). The molecular formula is C11H14Cl2N4O. The minimum absolute atomic E-state index is 0.202. The van der Waals surface area contributed by atoms with Crippen LogP contribution < -0.4 is 5.43 Å². The summed E-state index contributed by atoms with van der Waals surface area (Å²) in [4.78, 5) is 18.0. The average Bonchev–Trinajstić information content (AvgIpc) is 2.35. The van der Waals surface area contributed by atoms with Crippen LogP contribution in [0.2, 0.25) is 10.2 Å². The molecule has 7 heteroatoms. The molecule has 0 aromatic carbocycles. The first-order valence-electron chi connectivity index (χ1n) is 5.62. The van der Waals surface area contributed by atoms with Gasteiger partial charge in [-0.1, -0.05) is 23.2 Å². The number of nitrogens with zero attached hydrogens (tertiary/aromatic N) is 3. The zero-order valence-electron chi connectivity index (χ0n) is 9.99. The molecule has 0 atom stereocenters. The summed E-state index contributed by atoms with van der Waals surface area (Å²) in [5, 5.41) is 2.38. The maximum atomic E-state index is 11.9. The number of hydrogen-bond acceptors (Lipinski definition) is 4. The number of piperazine rings is 1. The Labute approximate surface area is 116 Å². The summed E-state index contributed by atoms with van der Waals surface area (Å²) in [6, 6.07) is 1.52. The highest BCUT2D eigenvalue weighted by atomic mass is 35.5. The lowest BCUT2D eigenvalue weighted by molar-refractivity contribution is 0.0662. The zero-order valence-corrected chi connectivity index (χ0v) is 11.5. The average molecular weight is 289 g/mol. The van der Waals surface area contributed by atoms with E-state index in [1.807, 2.05) is 5.01 Å². The van der Waals surface area contributed by atoms with E-state index in [0.29, 0.717) is 5.56 Å². The number of hydrazine groups is 1. The summed E-state index contributed by atoms with van der Waals surface area (Å²) >= 11 is 11.5. The number of likely N-dealkylation sites (N-methyl/N-ethyl adjacent to an activating group) is 1. The normalized spacial score (nSPS) is 17.7.